The zero-order chi connectivity index (χ0) is 57.8. The summed E-state index contributed by atoms with van der Waals surface area (Å²) in [4.78, 5) is 107. The molecule has 0 saturated carbocycles. The van der Waals surface area contributed by atoms with Crippen molar-refractivity contribution in [2.45, 2.75) is 134 Å². The lowest BCUT2D eigenvalue weighted by molar-refractivity contribution is -0.151. The van der Waals surface area contributed by atoms with E-state index < -0.39 is 105 Å². The van der Waals surface area contributed by atoms with E-state index >= 15 is 0 Å². The van der Waals surface area contributed by atoms with Crippen LogP contribution in [-0.4, -0.2) is 164 Å². The zero-order valence-corrected chi connectivity index (χ0v) is 46.2. The second-order valence-electron chi connectivity index (χ2n) is 21.1. The monoisotopic (exact) mass is 1150 g/mol. The molecule has 432 valence electrons. The number of carbonyl (C=O) groups is 8. The largest absolute Gasteiger partial charge is 0.481 e. The van der Waals surface area contributed by atoms with Gasteiger partial charge in [0.1, 0.15) is 22.8 Å². The van der Waals surface area contributed by atoms with Crippen LogP contribution < -0.4 is 10.6 Å². The van der Waals surface area contributed by atoms with Crippen LogP contribution in [-0.2, 0) is 55.8 Å². The zero-order valence-electron chi connectivity index (χ0n) is 44.6. The number of rotatable bonds is 15. The van der Waals surface area contributed by atoms with Crippen molar-refractivity contribution in [3.63, 3.8) is 0 Å². The molecule has 4 heterocycles. The van der Waals surface area contributed by atoms with Crippen molar-refractivity contribution >= 4 is 71.3 Å². The summed E-state index contributed by atoms with van der Waals surface area (Å²) >= 11 is 2.59. The SMILES string of the molecule is CC(C)(C)OC(=O)N[C@@H](CC(=O)N1CCSC1C(=O)N1CCC(C(=O)O)CC1)Cc1cc(F)c(F)cc1F.CCOC(=O)C1CCN(C(=O)C2SCCN2C(=O)C[C@@H](Cc2cc(F)c(F)cc2F)NC(=O)OC(C)(C)C)CC1. The number of likely N-dealkylation sites (tertiary alicyclic amines) is 2. The molecular formula is C52H68F6N6O12S2. The number of nitrogens with one attached hydrogen (secondary N) is 2. The van der Waals surface area contributed by atoms with Crippen LogP contribution >= 0.6 is 23.5 Å². The lowest BCUT2D eigenvalue weighted by Gasteiger charge is -2.34. The van der Waals surface area contributed by atoms with Crippen LogP contribution in [0.4, 0.5) is 35.9 Å². The van der Waals surface area contributed by atoms with Crippen LogP contribution in [0.15, 0.2) is 24.3 Å². The highest BCUT2D eigenvalue weighted by Crippen LogP contribution is 2.31. The molecule has 2 aromatic rings. The number of ether oxygens (including phenoxy) is 3. The van der Waals surface area contributed by atoms with Gasteiger partial charge in [0.15, 0.2) is 34.0 Å². The number of aliphatic carboxylic acids is 1. The highest BCUT2D eigenvalue weighted by atomic mass is 32.2. The molecule has 2 aromatic carbocycles. The van der Waals surface area contributed by atoms with Gasteiger partial charge in [0.05, 0.1) is 18.4 Å². The van der Waals surface area contributed by atoms with Gasteiger partial charge in [0.2, 0.25) is 11.8 Å². The number of esters is 1. The molecule has 0 aliphatic carbocycles. The predicted octanol–water partition coefficient (Wildman–Crippen LogP) is 6.79. The molecule has 26 heteroatoms. The van der Waals surface area contributed by atoms with Crippen molar-refractivity contribution in [1.82, 2.24) is 30.2 Å². The summed E-state index contributed by atoms with van der Waals surface area (Å²) in [5.41, 5.74) is -2.16. The maximum atomic E-state index is 14.4. The third kappa shape index (κ3) is 18.3. The van der Waals surface area contributed by atoms with Gasteiger partial charge in [-0.05, 0) is 110 Å². The summed E-state index contributed by atoms with van der Waals surface area (Å²) in [6, 6.07) is 0.117. The molecule has 2 unspecified atom stereocenters. The molecule has 6 rings (SSSR count). The minimum Gasteiger partial charge on any atom is -0.481 e. The Bertz CT molecular complexity index is 2520. The van der Waals surface area contributed by atoms with E-state index in [4.69, 9.17) is 14.2 Å². The summed E-state index contributed by atoms with van der Waals surface area (Å²) in [6.45, 7) is 13.7. The number of halogens is 6. The molecule has 18 nitrogen and oxygen atoms in total. The van der Waals surface area contributed by atoms with Crippen LogP contribution in [0, 0.1) is 46.7 Å². The van der Waals surface area contributed by atoms with Crippen LogP contribution in [0.2, 0.25) is 0 Å². The van der Waals surface area contributed by atoms with Gasteiger partial charge in [0.25, 0.3) is 11.8 Å². The highest BCUT2D eigenvalue weighted by Gasteiger charge is 2.42. The Hall–Kier alpha value is -5.92. The Morgan fingerprint density at radius 3 is 1.28 bits per heavy atom. The molecule has 4 atom stereocenters. The first kappa shape index (κ1) is 62.9. The molecule has 0 aromatic heterocycles. The van der Waals surface area contributed by atoms with Crippen LogP contribution in [0.3, 0.4) is 0 Å². The maximum Gasteiger partial charge on any atom is 0.407 e. The summed E-state index contributed by atoms with van der Waals surface area (Å²) in [7, 11) is 0. The molecular weight excluding hydrogens is 1080 g/mol. The fourth-order valence-electron chi connectivity index (χ4n) is 9.04. The van der Waals surface area contributed by atoms with Gasteiger partial charge < -0.3 is 49.6 Å². The molecule has 4 saturated heterocycles. The minimum absolute atomic E-state index is 0.222. The number of carbonyl (C=O) groups excluding carboxylic acids is 7. The van der Waals surface area contributed by atoms with Crippen molar-refractivity contribution in [1.29, 1.82) is 0 Å². The van der Waals surface area contributed by atoms with E-state index in [0.29, 0.717) is 81.2 Å². The molecule has 3 N–H and O–H groups in total. The van der Waals surface area contributed by atoms with Gasteiger partial charge in [-0.25, -0.2) is 35.9 Å². The minimum atomic E-state index is -1.36. The van der Waals surface area contributed by atoms with Crippen molar-refractivity contribution in [2.24, 2.45) is 11.8 Å². The molecule has 0 radical (unpaired) electrons. The van der Waals surface area contributed by atoms with Gasteiger partial charge in [0, 0.05) is 87.8 Å². The average Bonchev–Trinajstić information content (AvgIpc) is 4.06. The van der Waals surface area contributed by atoms with Crippen molar-refractivity contribution in [3.05, 3.63) is 70.3 Å². The number of thioether (sulfide) groups is 2. The number of piperidine rings is 2. The second kappa shape index (κ2) is 27.8. The van der Waals surface area contributed by atoms with Crippen molar-refractivity contribution in [3.8, 4) is 0 Å². The molecule has 4 fully saturated rings. The molecule has 6 amide bonds. The predicted molar refractivity (Wildman–Crippen MR) is 274 cm³/mol. The van der Waals surface area contributed by atoms with Crippen LogP contribution in [0.5, 0.6) is 0 Å². The highest BCUT2D eigenvalue weighted by molar-refractivity contribution is 8.01. The maximum absolute atomic E-state index is 14.4. The fourth-order valence-corrected chi connectivity index (χ4v) is 11.5. The van der Waals surface area contributed by atoms with Gasteiger partial charge in [-0.2, -0.15) is 0 Å². The number of carboxylic acid groups (broad SMARTS) is 1. The van der Waals surface area contributed by atoms with E-state index in [-0.39, 0.29) is 86.7 Å². The third-order valence-corrected chi connectivity index (χ3v) is 15.2. The number of carboxylic acids is 1. The first-order chi connectivity index (χ1) is 36.5. The summed E-state index contributed by atoms with van der Waals surface area (Å²) in [5.74, 6) is -9.71. The van der Waals surface area contributed by atoms with Gasteiger partial charge in [-0.3, -0.25) is 28.8 Å². The van der Waals surface area contributed by atoms with E-state index in [9.17, 15) is 69.8 Å². The number of hydrogen-bond acceptors (Lipinski definition) is 13. The van der Waals surface area contributed by atoms with Crippen LogP contribution in [0.1, 0.15) is 98.1 Å². The van der Waals surface area contributed by atoms with E-state index in [1.807, 2.05) is 0 Å². The van der Waals surface area contributed by atoms with Crippen molar-refractivity contribution in [2.75, 3.05) is 57.4 Å². The van der Waals surface area contributed by atoms with E-state index in [1.165, 1.54) is 33.3 Å². The first-order valence-electron chi connectivity index (χ1n) is 25.6. The Morgan fingerprint density at radius 1 is 0.577 bits per heavy atom. The second-order valence-corrected chi connectivity index (χ2v) is 23.5. The van der Waals surface area contributed by atoms with E-state index in [2.05, 4.69) is 10.6 Å². The Labute approximate surface area is 457 Å². The number of alkyl carbamates (subject to hydrolysis) is 2. The van der Waals surface area contributed by atoms with Gasteiger partial charge in [-0.1, -0.05) is 0 Å². The molecule has 0 bridgehead atoms. The standard InChI is InChI=1S/C27H36F3N3O6S.C25H32F3N3O6S/c1-5-38-25(36)16-6-8-32(9-7-16)23(35)24-33(10-11-40-24)22(34)14-18(31-26(37)39-27(2,3)4)12-17-13-20(29)21(30)15-19(17)28;1-25(2,3)37-24(36)29-16(10-15-11-18(27)19(28)13-17(15)26)12-20(32)31-8-9-38-22(31)21(33)30-6-4-14(5-7-30)23(34)35/h13,15-16,18,24H,5-12,14H2,1-4H3,(H,31,37);11,13-14,16,22H,4-10,12H2,1-3H3,(H,29,36)(H,34,35)/t18-,24?;16-,22?/m11/s1. The smallest absolute Gasteiger partial charge is 0.407 e. The lowest BCUT2D eigenvalue weighted by atomic mass is 9.97. The summed E-state index contributed by atoms with van der Waals surface area (Å²) in [5, 5.41) is 12.6. The Balaban J connectivity index is 0.000000288. The number of hydrogen-bond donors (Lipinski definition) is 3. The van der Waals surface area contributed by atoms with Crippen molar-refractivity contribution < 1.29 is 84.0 Å². The molecule has 4 aliphatic heterocycles. The van der Waals surface area contributed by atoms with Crippen LogP contribution in [0.25, 0.3) is 0 Å². The first-order valence-corrected chi connectivity index (χ1v) is 27.7. The summed E-state index contributed by atoms with van der Waals surface area (Å²) in [6.07, 6.45) is -1.44. The number of nitrogens with zero attached hydrogens (tertiary/aromatic N) is 4. The Kier molecular flexibility index (Phi) is 22.4. The fraction of sp³-hybridized carbons (Fsp3) is 0.615. The van der Waals surface area contributed by atoms with E-state index in [0.717, 1.165) is 0 Å². The molecule has 78 heavy (non-hydrogen) atoms. The van der Waals surface area contributed by atoms with E-state index in [1.54, 1.807) is 58.3 Å². The number of amides is 6. The third-order valence-electron chi connectivity index (χ3n) is 12.8. The average molecular weight is 1150 g/mol. The topological polar surface area (TPSA) is 222 Å². The van der Waals surface area contributed by atoms with Gasteiger partial charge in [-0.15, -0.1) is 23.5 Å². The normalized spacial score (nSPS) is 19.0. The lowest BCUT2D eigenvalue weighted by Crippen LogP contribution is -2.51. The number of benzene rings is 2. The summed E-state index contributed by atoms with van der Waals surface area (Å²) < 4.78 is 98.8. The molecule has 4 aliphatic rings. The molecule has 0 spiro atoms. The quantitative estimate of drug-likeness (QED) is 0.0724. The van der Waals surface area contributed by atoms with Gasteiger partial charge >= 0.3 is 24.1 Å². The Morgan fingerprint density at radius 2 is 0.936 bits per heavy atom.